The molecule has 0 radical (unpaired) electrons. The van der Waals surface area contributed by atoms with Crippen LogP contribution in [0.1, 0.15) is 53.3 Å². The van der Waals surface area contributed by atoms with Gasteiger partial charge < -0.3 is 0 Å². The number of hydrogen-bond acceptors (Lipinski definition) is 2. The third-order valence-corrected chi connectivity index (χ3v) is 4.58. The van der Waals surface area contributed by atoms with Gasteiger partial charge in [0.25, 0.3) is 11.8 Å². The lowest BCUT2D eigenvalue weighted by Gasteiger charge is -2.13. The maximum Gasteiger partial charge on any atom is 0.262 e. The first kappa shape index (κ1) is 14.7. The van der Waals surface area contributed by atoms with Crippen LogP contribution in [0.4, 0.5) is 0 Å². The van der Waals surface area contributed by atoms with Crippen molar-refractivity contribution >= 4 is 43.7 Å². The van der Waals surface area contributed by atoms with Gasteiger partial charge in [-0.1, -0.05) is 26.2 Å². The van der Waals surface area contributed by atoms with E-state index in [-0.39, 0.29) is 11.8 Å². The summed E-state index contributed by atoms with van der Waals surface area (Å²) in [5, 5.41) is 0. The lowest BCUT2D eigenvalue weighted by molar-refractivity contribution is 0.0651. The van der Waals surface area contributed by atoms with E-state index in [1.54, 1.807) is 12.1 Å². The standard InChI is InChI=1S/C14H15Br2NO2/c1-2-3-4-5-8-17-13(18)11-9(15)6-7-10(16)12(11)14(17)19/h6-7H,2-5,8H2,1H3. The number of imide groups is 1. The van der Waals surface area contributed by atoms with Crippen LogP contribution in [0.5, 0.6) is 0 Å². The minimum atomic E-state index is -0.190. The highest BCUT2D eigenvalue weighted by molar-refractivity contribution is 9.11. The number of unbranched alkanes of at least 4 members (excludes halogenated alkanes) is 3. The minimum Gasteiger partial charge on any atom is -0.274 e. The largest absolute Gasteiger partial charge is 0.274 e. The average molecular weight is 389 g/mol. The Morgan fingerprint density at radius 2 is 1.47 bits per heavy atom. The van der Waals surface area contributed by atoms with E-state index in [1.807, 2.05) is 0 Å². The van der Waals surface area contributed by atoms with Gasteiger partial charge in [0.1, 0.15) is 0 Å². The van der Waals surface area contributed by atoms with Crippen LogP contribution in [-0.2, 0) is 0 Å². The van der Waals surface area contributed by atoms with E-state index < -0.39 is 0 Å². The zero-order valence-corrected chi connectivity index (χ0v) is 13.9. The molecule has 0 spiro atoms. The van der Waals surface area contributed by atoms with Crippen molar-refractivity contribution < 1.29 is 9.59 Å². The predicted octanol–water partition coefficient (Wildman–Crippen LogP) is 4.39. The SMILES string of the molecule is CCCCCCN1C(=O)c2c(Br)ccc(Br)c2C1=O. The van der Waals surface area contributed by atoms with Gasteiger partial charge in [-0.2, -0.15) is 0 Å². The Labute approximate surface area is 129 Å². The first-order chi connectivity index (χ1) is 9.07. The van der Waals surface area contributed by atoms with Gasteiger partial charge >= 0.3 is 0 Å². The molecule has 1 heterocycles. The van der Waals surface area contributed by atoms with Crippen LogP contribution in [0.15, 0.2) is 21.1 Å². The number of benzene rings is 1. The molecule has 2 rings (SSSR count). The fraction of sp³-hybridized carbons (Fsp3) is 0.429. The average Bonchev–Trinajstić information content (AvgIpc) is 2.64. The number of carbonyl (C=O) groups is 2. The molecule has 1 aromatic carbocycles. The summed E-state index contributed by atoms with van der Waals surface area (Å²) in [4.78, 5) is 26.0. The van der Waals surface area contributed by atoms with Gasteiger partial charge in [-0.3, -0.25) is 14.5 Å². The monoisotopic (exact) mass is 387 g/mol. The molecule has 19 heavy (non-hydrogen) atoms. The molecule has 3 nitrogen and oxygen atoms in total. The number of carbonyl (C=O) groups excluding carboxylic acids is 2. The quantitative estimate of drug-likeness (QED) is 0.554. The molecule has 0 saturated carbocycles. The van der Waals surface area contributed by atoms with E-state index in [2.05, 4.69) is 38.8 Å². The lowest BCUT2D eigenvalue weighted by Crippen LogP contribution is -2.30. The van der Waals surface area contributed by atoms with Crippen LogP contribution in [0.25, 0.3) is 0 Å². The summed E-state index contributed by atoms with van der Waals surface area (Å²) in [5.41, 5.74) is 0.963. The molecule has 0 unspecified atom stereocenters. The van der Waals surface area contributed by atoms with Crippen molar-refractivity contribution in [2.24, 2.45) is 0 Å². The van der Waals surface area contributed by atoms with Gasteiger partial charge in [0, 0.05) is 15.5 Å². The Kier molecular flexibility index (Phi) is 4.79. The second-order valence-electron chi connectivity index (χ2n) is 4.60. The Balaban J connectivity index is 2.20. The van der Waals surface area contributed by atoms with E-state index in [0.29, 0.717) is 26.6 Å². The molecule has 0 fully saturated rings. The number of amides is 2. The molecule has 0 atom stereocenters. The van der Waals surface area contributed by atoms with Crippen molar-refractivity contribution in [1.82, 2.24) is 4.90 Å². The first-order valence-electron chi connectivity index (χ1n) is 6.42. The molecule has 102 valence electrons. The van der Waals surface area contributed by atoms with Crippen LogP contribution in [-0.4, -0.2) is 23.3 Å². The van der Waals surface area contributed by atoms with Gasteiger partial charge in [-0.05, 0) is 50.4 Å². The third kappa shape index (κ3) is 2.77. The smallest absolute Gasteiger partial charge is 0.262 e. The summed E-state index contributed by atoms with van der Waals surface area (Å²) in [6, 6.07) is 3.57. The summed E-state index contributed by atoms with van der Waals surface area (Å²) in [5.74, 6) is -0.380. The summed E-state index contributed by atoms with van der Waals surface area (Å²) in [7, 11) is 0. The Bertz CT molecular complexity index is 487. The molecule has 2 amide bonds. The second-order valence-corrected chi connectivity index (χ2v) is 6.31. The number of halogens is 2. The zero-order chi connectivity index (χ0) is 14.0. The molecule has 0 bridgehead atoms. The van der Waals surface area contributed by atoms with Gasteiger partial charge in [0.05, 0.1) is 11.1 Å². The number of rotatable bonds is 5. The van der Waals surface area contributed by atoms with Crippen molar-refractivity contribution in [1.29, 1.82) is 0 Å². The molecule has 5 heteroatoms. The molecule has 0 N–H and O–H groups in total. The van der Waals surface area contributed by atoms with Crippen LogP contribution in [0.2, 0.25) is 0 Å². The van der Waals surface area contributed by atoms with Crippen molar-refractivity contribution in [3.8, 4) is 0 Å². The van der Waals surface area contributed by atoms with Crippen molar-refractivity contribution in [2.45, 2.75) is 32.6 Å². The highest BCUT2D eigenvalue weighted by Gasteiger charge is 2.38. The Morgan fingerprint density at radius 1 is 0.947 bits per heavy atom. The molecule has 0 saturated heterocycles. The fourth-order valence-corrected chi connectivity index (χ4v) is 3.23. The molecular formula is C14H15Br2NO2. The van der Waals surface area contributed by atoms with Crippen molar-refractivity contribution in [2.75, 3.05) is 6.54 Å². The van der Waals surface area contributed by atoms with Gasteiger partial charge in [-0.25, -0.2) is 0 Å². The van der Waals surface area contributed by atoms with Crippen molar-refractivity contribution in [3.63, 3.8) is 0 Å². The summed E-state index contributed by atoms with van der Waals surface area (Å²) in [6.07, 6.45) is 4.19. The molecule has 0 aliphatic carbocycles. The van der Waals surface area contributed by atoms with Gasteiger partial charge in [-0.15, -0.1) is 0 Å². The van der Waals surface area contributed by atoms with Gasteiger partial charge in [0.2, 0.25) is 0 Å². The maximum atomic E-state index is 12.3. The topological polar surface area (TPSA) is 37.4 Å². The van der Waals surface area contributed by atoms with Crippen LogP contribution in [0.3, 0.4) is 0 Å². The number of fused-ring (bicyclic) bond motifs is 1. The van der Waals surface area contributed by atoms with E-state index >= 15 is 0 Å². The van der Waals surface area contributed by atoms with Crippen LogP contribution in [0, 0.1) is 0 Å². The molecule has 0 aromatic heterocycles. The van der Waals surface area contributed by atoms with E-state index in [9.17, 15) is 9.59 Å². The van der Waals surface area contributed by atoms with E-state index in [0.717, 1.165) is 25.7 Å². The minimum absolute atomic E-state index is 0.190. The van der Waals surface area contributed by atoms with Gasteiger partial charge in [0.15, 0.2) is 0 Å². The molecular weight excluding hydrogens is 374 g/mol. The normalized spacial score (nSPS) is 14.2. The summed E-state index contributed by atoms with van der Waals surface area (Å²) >= 11 is 6.70. The Morgan fingerprint density at radius 3 is 1.95 bits per heavy atom. The van der Waals surface area contributed by atoms with Crippen LogP contribution >= 0.6 is 31.9 Å². The Hall–Kier alpha value is -0.680. The van der Waals surface area contributed by atoms with Crippen molar-refractivity contribution in [3.05, 3.63) is 32.2 Å². The molecule has 1 aliphatic rings. The van der Waals surface area contributed by atoms with E-state index in [4.69, 9.17) is 0 Å². The fourth-order valence-electron chi connectivity index (χ4n) is 2.23. The number of nitrogens with zero attached hydrogens (tertiary/aromatic N) is 1. The highest BCUT2D eigenvalue weighted by Crippen LogP contribution is 2.34. The molecule has 1 aromatic rings. The zero-order valence-electron chi connectivity index (χ0n) is 10.7. The number of hydrogen-bond donors (Lipinski definition) is 0. The highest BCUT2D eigenvalue weighted by atomic mass is 79.9. The second kappa shape index (κ2) is 6.18. The maximum absolute atomic E-state index is 12.3. The van der Waals surface area contributed by atoms with E-state index in [1.165, 1.54) is 4.90 Å². The lowest BCUT2D eigenvalue weighted by atomic mass is 10.1. The molecule has 1 aliphatic heterocycles. The van der Waals surface area contributed by atoms with Crippen LogP contribution < -0.4 is 0 Å². The summed E-state index contributed by atoms with van der Waals surface area (Å²) < 4.78 is 1.36. The third-order valence-electron chi connectivity index (χ3n) is 3.26. The summed E-state index contributed by atoms with van der Waals surface area (Å²) in [6.45, 7) is 2.64. The first-order valence-corrected chi connectivity index (χ1v) is 8.00. The predicted molar refractivity (Wildman–Crippen MR) is 81.4 cm³/mol.